The van der Waals surface area contributed by atoms with Gasteiger partial charge in [0.25, 0.3) is 0 Å². The van der Waals surface area contributed by atoms with E-state index in [2.05, 4.69) is 15.7 Å². The Bertz CT molecular complexity index is 1150. The summed E-state index contributed by atoms with van der Waals surface area (Å²) in [6, 6.07) is 13.8. The van der Waals surface area contributed by atoms with Gasteiger partial charge in [-0.05, 0) is 30.5 Å². The molecule has 10 heteroatoms. The minimum Gasteiger partial charge on any atom is -0.336 e. The number of aromatic nitrogens is 3. The van der Waals surface area contributed by atoms with Crippen LogP contribution in [0.4, 0.5) is 18.0 Å². The molecule has 2 N–H and O–H groups in total. The Hall–Kier alpha value is -3.56. The van der Waals surface area contributed by atoms with Crippen molar-refractivity contribution in [3.05, 3.63) is 76.2 Å². The third kappa shape index (κ3) is 5.01. The van der Waals surface area contributed by atoms with Gasteiger partial charge in [0.1, 0.15) is 0 Å². The van der Waals surface area contributed by atoms with Crippen LogP contribution in [0.25, 0.3) is 11.4 Å². The molecule has 0 saturated heterocycles. The first-order valence-electron chi connectivity index (χ1n) is 10.3. The molecule has 0 atom stereocenters. The Morgan fingerprint density at radius 3 is 2.50 bits per heavy atom. The Morgan fingerprint density at radius 2 is 1.81 bits per heavy atom. The maximum Gasteiger partial charge on any atom is 0.416 e. The number of alkyl halides is 3. The number of benzene rings is 2. The van der Waals surface area contributed by atoms with Crippen LogP contribution in [0, 0.1) is 0 Å². The van der Waals surface area contributed by atoms with Crippen LogP contribution in [0.15, 0.2) is 59.4 Å². The van der Waals surface area contributed by atoms with Gasteiger partial charge < -0.3 is 10.6 Å². The number of nitrogens with zero attached hydrogens (tertiary/aromatic N) is 3. The van der Waals surface area contributed by atoms with Crippen molar-refractivity contribution in [1.29, 1.82) is 0 Å². The van der Waals surface area contributed by atoms with Crippen molar-refractivity contribution >= 4 is 6.03 Å². The zero-order valence-electron chi connectivity index (χ0n) is 17.1. The van der Waals surface area contributed by atoms with Gasteiger partial charge in [-0.15, -0.1) is 5.10 Å². The molecule has 1 heterocycles. The van der Waals surface area contributed by atoms with Crippen molar-refractivity contribution in [3.8, 4) is 11.4 Å². The maximum atomic E-state index is 13.1. The molecular formula is C22H22F3N5O2. The summed E-state index contributed by atoms with van der Waals surface area (Å²) in [7, 11) is 0. The SMILES string of the molecule is O=C(NCCn1nc(-c2cccc(C(F)(F)F)c2)n(C2CC2)c1=O)NCc1ccccc1. The van der Waals surface area contributed by atoms with E-state index in [9.17, 15) is 22.8 Å². The first-order chi connectivity index (χ1) is 15.3. The van der Waals surface area contributed by atoms with E-state index in [0.717, 1.165) is 30.5 Å². The molecule has 1 aliphatic carbocycles. The quantitative estimate of drug-likeness (QED) is 0.584. The molecule has 0 unspecified atom stereocenters. The van der Waals surface area contributed by atoms with E-state index >= 15 is 0 Å². The Labute approximate surface area is 181 Å². The number of hydrogen-bond donors (Lipinski definition) is 2. The molecule has 2 aromatic carbocycles. The molecule has 2 amide bonds. The standard InChI is InChI=1S/C22H22F3N5O2/c23-22(24,25)17-8-4-7-16(13-17)19-28-29(21(32)30(19)18-9-10-18)12-11-26-20(31)27-14-15-5-2-1-3-6-15/h1-8,13,18H,9-12,14H2,(H2,26,27,31). The lowest BCUT2D eigenvalue weighted by Crippen LogP contribution is -2.38. The minimum absolute atomic E-state index is 0.0667. The molecule has 1 aliphatic rings. The first kappa shape index (κ1) is 21.7. The van der Waals surface area contributed by atoms with E-state index in [0.29, 0.717) is 6.54 Å². The molecule has 0 aliphatic heterocycles. The molecule has 7 nitrogen and oxygen atoms in total. The smallest absolute Gasteiger partial charge is 0.336 e. The fourth-order valence-electron chi connectivity index (χ4n) is 3.38. The molecule has 1 saturated carbocycles. The number of carbonyl (C=O) groups is 1. The van der Waals surface area contributed by atoms with E-state index in [4.69, 9.17) is 0 Å². The lowest BCUT2D eigenvalue weighted by atomic mass is 10.1. The average molecular weight is 445 g/mol. The first-order valence-corrected chi connectivity index (χ1v) is 10.3. The van der Waals surface area contributed by atoms with E-state index < -0.39 is 17.4 Å². The second kappa shape index (κ2) is 8.89. The highest BCUT2D eigenvalue weighted by atomic mass is 19.4. The van der Waals surface area contributed by atoms with Crippen LogP contribution < -0.4 is 16.3 Å². The number of hydrogen-bond acceptors (Lipinski definition) is 3. The van der Waals surface area contributed by atoms with Crippen LogP contribution in [-0.2, 0) is 19.3 Å². The van der Waals surface area contributed by atoms with Crippen molar-refractivity contribution < 1.29 is 18.0 Å². The van der Waals surface area contributed by atoms with E-state index in [-0.39, 0.29) is 36.6 Å². The lowest BCUT2D eigenvalue weighted by Gasteiger charge is -2.09. The summed E-state index contributed by atoms with van der Waals surface area (Å²) in [6.45, 7) is 0.607. The molecule has 0 radical (unpaired) electrons. The number of carbonyl (C=O) groups excluding carboxylic acids is 1. The summed E-state index contributed by atoms with van der Waals surface area (Å²) >= 11 is 0. The van der Waals surface area contributed by atoms with Crippen LogP contribution in [0.2, 0.25) is 0 Å². The van der Waals surface area contributed by atoms with Crippen molar-refractivity contribution in [3.63, 3.8) is 0 Å². The summed E-state index contributed by atoms with van der Waals surface area (Å²) < 4.78 is 42.0. The number of halogens is 3. The summed E-state index contributed by atoms with van der Waals surface area (Å²) in [5.74, 6) is 0.206. The zero-order chi connectivity index (χ0) is 22.7. The van der Waals surface area contributed by atoms with E-state index in [1.54, 1.807) is 0 Å². The van der Waals surface area contributed by atoms with Gasteiger partial charge in [0, 0.05) is 24.7 Å². The summed E-state index contributed by atoms with van der Waals surface area (Å²) in [4.78, 5) is 24.8. The van der Waals surface area contributed by atoms with Crippen LogP contribution in [0.1, 0.15) is 30.0 Å². The highest BCUT2D eigenvalue weighted by Gasteiger charge is 2.33. The third-order valence-electron chi connectivity index (χ3n) is 5.14. The second-order valence-electron chi connectivity index (χ2n) is 7.60. The van der Waals surface area contributed by atoms with Gasteiger partial charge in [0.05, 0.1) is 12.1 Å². The van der Waals surface area contributed by atoms with Gasteiger partial charge in [0.15, 0.2) is 5.82 Å². The van der Waals surface area contributed by atoms with Gasteiger partial charge in [-0.1, -0.05) is 42.5 Å². The van der Waals surface area contributed by atoms with E-state index in [1.165, 1.54) is 21.4 Å². The Morgan fingerprint density at radius 1 is 1.06 bits per heavy atom. The van der Waals surface area contributed by atoms with Crippen LogP contribution in [-0.4, -0.2) is 26.9 Å². The minimum atomic E-state index is -4.49. The molecule has 0 bridgehead atoms. The highest BCUT2D eigenvalue weighted by Crippen LogP contribution is 2.37. The second-order valence-corrected chi connectivity index (χ2v) is 7.60. The van der Waals surface area contributed by atoms with Crippen molar-refractivity contribution in [2.45, 2.75) is 38.1 Å². The van der Waals surface area contributed by atoms with Crippen LogP contribution in [0.5, 0.6) is 0 Å². The number of urea groups is 1. The van der Waals surface area contributed by atoms with Crippen molar-refractivity contribution in [2.24, 2.45) is 0 Å². The largest absolute Gasteiger partial charge is 0.416 e. The predicted molar refractivity (Wildman–Crippen MR) is 112 cm³/mol. The third-order valence-corrected chi connectivity index (χ3v) is 5.14. The zero-order valence-corrected chi connectivity index (χ0v) is 17.1. The summed E-state index contributed by atoms with van der Waals surface area (Å²) in [6.07, 6.45) is -2.93. The molecule has 0 spiro atoms. The van der Waals surface area contributed by atoms with Crippen LogP contribution >= 0.6 is 0 Å². The van der Waals surface area contributed by atoms with Gasteiger partial charge in [-0.25, -0.2) is 14.3 Å². The molecular weight excluding hydrogens is 423 g/mol. The highest BCUT2D eigenvalue weighted by molar-refractivity contribution is 5.73. The summed E-state index contributed by atoms with van der Waals surface area (Å²) in [5, 5.41) is 9.67. The molecule has 168 valence electrons. The molecule has 3 aromatic rings. The fourth-order valence-corrected chi connectivity index (χ4v) is 3.38. The Balaban J connectivity index is 1.44. The lowest BCUT2D eigenvalue weighted by molar-refractivity contribution is -0.137. The molecule has 4 rings (SSSR count). The summed E-state index contributed by atoms with van der Waals surface area (Å²) in [5.41, 5.74) is -0.00795. The van der Waals surface area contributed by atoms with Gasteiger partial charge in [0.2, 0.25) is 0 Å². The maximum absolute atomic E-state index is 13.1. The predicted octanol–water partition coefficient (Wildman–Crippen LogP) is 3.56. The number of nitrogens with one attached hydrogen (secondary N) is 2. The van der Waals surface area contributed by atoms with Gasteiger partial charge in [-0.3, -0.25) is 4.57 Å². The normalized spacial score (nSPS) is 13.7. The van der Waals surface area contributed by atoms with Crippen molar-refractivity contribution in [1.82, 2.24) is 25.0 Å². The molecule has 1 fully saturated rings. The fraction of sp³-hybridized carbons (Fsp3) is 0.318. The van der Waals surface area contributed by atoms with Gasteiger partial charge >= 0.3 is 17.9 Å². The molecule has 1 aromatic heterocycles. The van der Waals surface area contributed by atoms with Crippen molar-refractivity contribution in [2.75, 3.05) is 6.54 Å². The monoisotopic (exact) mass is 445 g/mol. The van der Waals surface area contributed by atoms with Gasteiger partial charge in [-0.2, -0.15) is 13.2 Å². The van der Waals surface area contributed by atoms with Crippen LogP contribution in [0.3, 0.4) is 0 Å². The topological polar surface area (TPSA) is 81.0 Å². The molecule has 32 heavy (non-hydrogen) atoms. The average Bonchev–Trinajstić information content (AvgIpc) is 3.56. The van der Waals surface area contributed by atoms with E-state index in [1.807, 2.05) is 30.3 Å². The Kier molecular flexibility index (Phi) is 6.02. The number of amides is 2. The number of rotatable bonds is 7.